The van der Waals surface area contributed by atoms with Crippen molar-refractivity contribution in [3.8, 4) is 5.75 Å². The normalized spacial score (nSPS) is 12.2. The molecule has 94 valence electrons. The molecule has 0 aliphatic heterocycles. The van der Waals surface area contributed by atoms with E-state index in [2.05, 4.69) is 4.98 Å². The molecule has 0 fully saturated rings. The molecule has 1 heterocycles. The summed E-state index contributed by atoms with van der Waals surface area (Å²) < 4.78 is 5.15. The van der Waals surface area contributed by atoms with E-state index < -0.39 is 6.10 Å². The fourth-order valence-electron chi connectivity index (χ4n) is 1.88. The first kappa shape index (κ1) is 12.6. The molecular weight excluding hydrogens is 226 g/mol. The van der Waals surface area contributed by atoms with Crippen LogP contribution in [0.2, 0.25) is 0 Å². The number of aliphatic hydroxyl groups is 1. The Morgan fingerprint density at radius 2 is 2.00 bits per heavy atom. The number of benzene rings is 1. The average molecular weight is 243 g/mol. The van der Waals surface area contributed by atoms with E-state index >= 15 is 0 Å². The van der Waals surface area contributed by atoms with E-state index in [0.717, 1.165) is 22.7 Å². The highest BCUT2D eigenvalue weighted by Gasteiger charge is 2.10. The Bertz CT molecular complexity index is 525. The summed E-state index contributed by atoms with van der Waals surface area (Å²) in [5.41, 5.74) is 2.70. The maximum atomic E-state index is 10.2. The molecule has 1 aromatic heterocycles. The summed E-state index contributed by atoms with van der Waals surface area (Å²) in [4.78, 5) is 4.39. The molecule has 0 spiro atoms. The molecule has 3 nitrogen and oxygen atoms in total. The van der Waals surface area contributed by atoms with Crippen molar-refractivity contribution in [1.82, 2.24) is 4.98 Å². The summed E-state index contributed by atoms with van der Waals surface area (Å²) in [5.74, 6) is 0.753. The van der Waals surface area contributed by atoms with Gasteiger partial charge in [0.2, 0.25) is 0 Å². The second kappa shape index (κ2) is 5.65. The third kappa shape index (κ3) is 3.08. The monoisotopic (exact) mass is 243 g/mol. The molecule has 2 aromatic rings. The number of aryl methyl sites for hydroxylation is 1. The maximum Gasteiger partial charge on any atom is 0.119 e. The number of hydrogen-bond donors (Lipinski definition) is 1. The molecule has 3 heteroatoms. The van der Waals surface area contributed by atoms with Gasteiger partial charge in [-0.1, -0.05) is 18.2 Å². The van der Waals surface area contributed by atoms with Crippen molar-refractivity contribution < 1.29 is 9.84 Å². The number of pyridine rings is 1. The van der Waals surface area contributed by atoms with E-state index in [-0.39, 0.29) is 0 Å². The molecule has 1 aromatic carbocycles. The summed E-state index contributed by atoms with van der Waals surface area (Å²) in [6.45, 7) is 1.95. The summed E-state index contributed by atoms with van der Waals surface area (Å²) in [6.07, 6.45) is -0.0520. The minimum atomic E-state index is -0.561. The molecular formula is C15H17NO2. The van der Waals surface area contributed by atoms with E-state index in [1.54, 1.807) is 7.11 Å². The molecule has 1 unspecified atom stereocenters. The van der Waals surface area contributed by atoms with Gasteiger partial charge < -0.3 is 9.84 Å². The Morgan fingerprint density at radius 3 is 2.72 bits per heavy atom. The maximum absolute atomic E-state index is 10.2. The molecule has 1 N–H and O–H groups in total. The van der Waals surface area contributed by atoms with Crippen LogP contribution >= 0.6 is 0 Å². The Balaban J connectivity index is 2.13. The van der Waals surface area contributed by atoms with Gasteiger partial charge in [-0.3, -0.25) is 4.98 Å². The van der Waals surface area contributed by atoms with Crippen molar-refractivity contribution in [2.75, 3.05) is 7.11 Å². The highest BCUT2D eigenvalue weighted by atomic mass is 16.5. The standard InChI is InChI=1S/C15H17NO2/c1-11-5-3-7-13(16-11)10-15(17)12-6-4-8-14(9-12)18-2/h3-9,15,17H,10H2,1-2H3. The number of hydrogen-bond acceptors (Lipinski definition) is 3. The van der Waals surface area contributed by atoms with E-state index in [9.17, 15) is 5.11 Å². The highest BCUT2D eigenvalue weighted by molar-refractivity contribution is 5.30. The molecule has 0 saturated heterocycles. The van der Waals surface area contributed by atoms with Crippen molar-refractivity contribution in [1.29, 1.82) is 0 Å². The van der Waals surface area contributed by atoms with Gasteiger partial charge in [-0.05, 0) is 36.8 Å². The molecule has 0 saturated carbocycles. The van der Waals surface area contributed by atoms with Gasteiger partial charge in [0.25, 0.3) is 0 Å². The Hall–Kier alpha value is -1.87. The lowest BCUT2D eigenvalue weighted by Crippen LogP contribution is -2.04. The summed E-state index contributed by atoms with van der Waals surface area (Å²) in [5, 5.41) is 10.2. The number of rotatable bonds is 4. The predicted molar refractivity (Wildman–Crippen MR) is 70.6 cm³/mol. The number of methoxy groups -OCH3 is 1. The number of nitrogens with zero attached hydrogens (tertiary/aromatic N) is 1. The predicted octanol–water partition coefficient (Wildman–Crippen LogP) is 2.67. The first-order chi connectivity index (χ1) is 8.69. The van der Waals surface area contributed by atoms with Crippen LogP contribution in [0.5, 0.6) is 5.75 Å². The van der Waals surface area contributed by atoms with Gasteiger partial charge >= 0.3 is 0 Å². The number of aliphatic hydroxyl groups excluding tert-OH is 1. The van der Waals surface area contributed by atoms with E-state index in [1.165, 1.54) is 0 Å². The smallest absolute Gasteiger partial charge is 0.119 e. The van der Waals surface area contributed by atoms with E-state index in [4.69, 9.17) is 4.74 Å². The van der Waals surface area contributed by atoms with Gasteiger partial charge in [0.1, 0.15) is 5.75 Å². The zero-order chi connectivity index (χ0) is 13.0. The quantitative estimate of drug-likeness (QED) is 0.897. The van der Waals surface area contributed by atoms with Crippen LogP contribution in [0.3, 0.4) is 0 Å². The SMILES string of the molecule is COc1cccc(C(O)Cc2cccc(C)n2)c1. The van der Waals surface area contributed by atoms with Crippen LogP contribution in [0.15, 0.2) is 42.5 Å². The second-order valence-corrected chi connectivity index (χ2v) is 4.27. The van der Waals surface area contributed by atoms with Crippen LogP contribution < -0.4 is 4.74 Å². The summed E-state index contributed by atoms with van der Waals surface area (Å²) in [7, 11) is 1.62. The third-order valence-corrected chi connectivity index (χ3v) is 2.83. The molecule has 1 atom stereocenters. The van der Waals surface area contributed by atoms with Gasteiger partial charge in [0.05, 0.1) is 13.2 Å². The minimum absolute atomic E-state index is 0.509. The zero-order valence-corrected chi connectivity index (χ0v) is 10.6. The first-order valence-electron chi connectivity index (χ1n) is 5.93. The number of ether oxygens (including phenoxy) is 1. The lowest BCUT2D eigenvalue weighted by atomic mass is 10.0. The van der Waals surface area contributed by atoms with Gasteiger partial charge in [0.15, 0.2) is 0 Å². The van der Waals surface area contributed by atoms with Crippen LogP contribution in [-0.4, -0.2) is 17.2 Å². The van der Waals surface area contributed by atoms with Gasteiger partial charge in [-0.2, -0.15) is 0 Å². The van der Waals surface area contributed by atoms with Crippen molar-refractivity contribution >= 4 is 0 Å². The van der Waals surface area contributed by atoms with Crippen molar-refractivity contribution in [3.63, 3.8) is 0 Å². The highest BCUT2D eigenvalue weighted by Crippen LogP contribution is 2.21. The van der Waals surface area contributed by atoms with Gasteiger partial charge in [-0.25, -0.2) is 0 Å². The second-order valence-electron chi connectivity index (χ2n) is 4.27. The van der Waals surface area contributed by atoms with Crippen LogP contribution in [0.4, 0.5) is 0 Å². The molecule has 0 bridgehead atoms. The van der Waals surface area contributed by atoms with Crippen LogP contribution in [0, 0.1) is 6.92 Å². The molecule has 18 heavy (non-hydrogen) atoms. The Kier molecular flexibility index (Phi) is 3.95. The van der Waals surface area contributed by atoms with Gasteiger partial charge in [0, 0.05) is 17.8 Å². The molecule has 0 amide bonds. The topological polar surface area (TPSA) is 42.4 Å². The third-order valence-electron chi connectivity index (χ3n) is 2.83. The van der Waals surface area contributed by atoms with Crippen LogP contribution in [0.25, 0.3) is 0 Å². The molecule has 2 rings (SSSR count). The summed E-state index contributed by atoms with van der Waals surface area (Å²) in [6, 6.07) is 13.3. The largest absolute Gasteiger partial charge is 0.497 e. The molecule has 0 aliphatic carbocycles. The molecule has 0 radical (unpaired) electrons. The number of aromatic nitrogens is 1. The fourth-order valence-corrected chi connectivity index (χ4v) is 1.88. The van der Waals surface area contributed by atoms with Crippen molar-refractivity contribution in [2.24, 2.45) is 0 Å². The van der Waals surface area contributed by atoms with Crippen LogP contribution in [0.1, 0.15) is 23.1 Å². The average Bonchev–Trinajstić information content (AvgIpc) is 2.39. The Morgan fingerprint density at radius 1 is 1.22 bits per heavy atom. The van der Waals surface area contributed by atoms with Crippen molar-refractivity contribution in [2.45, 2.75) is 19.4 Å². The van der Waals surface area contributed by atoms with Crippen LogP contribution in [-0.2, 0) is 6.42 Å². The van der Waals surface area contributed by atoms with Crippen molar-refractivity contribution in [3.05, 3.63) is 59.4 Å². The first-order valence-corrected chi connectivity index (χ1v) is 5.93. The fraction of sp³-hybridized carbons (Fsp3) is 0.267. The molecule has 0 aliphatic rings. The minimum Gasteiger partial charge on any atom is -0.497 e. The van der Waals surface area contributed by atoms with E-state index in [1.807, 2.05) is 49.4 Å². The Labute approximate surface area is 107 Å². The summed E-state index contributed by atoms with van der Waals surface area (Å²) >= 11 is 0. The lowest BCUT2D eigenvalue weighted by molar-refractivity contribution is 0.177. The lowest BCUT2D eigenvalue weighted by Gasteiger charge is -2.12. The zero-order valence-electron chi connectivity index (χ0n) is 10.6. The van der Waals surface area contributed by atoms with E-state index in [0.29, 0.717) is 6.42 Å². The van der Waals surface area contributed by atoms with Gasteiger partial charge in [-0.15, -0.1) is 0 Å².